The summed E-state index contributed by atoms with van der Waals surface area (Å²) in [4.78, 5) is 33.4. The van der Waals surface area contributed by atoms with E-state index < -0.39 is 0 Å². The lowest BCUT2D eigenvalue weighted by Crippen LogP contribution is -2.40. The van der Waals surface area contributed by atoms with E-state index in [4.69, 9.17) is 4.74 Å². The molecule has 8 nitrogen and oxygen atoms in total. The zero-order valence-corrected chi connectivity index (χ0v) is 17.5. The Bertz CT molecular complexity index is 1040. The van der Waals surface area contributed by atoms with Gasteiger partial charge in [0.1, 0.15) is 6.54 Å². The van der Waals surface area contributed by atoms with Crippen LogP contribution in [0, 0.1) is 5.21 Å². The molecule has 2 amide bonds. The molecular formula is C24H24N4O4. The van der Waals surface area contributed by atoms with Crippen LogP contribution in [-0.2, 0) is 22.7 Å². The molecule has 3 heterocycles. The summed E-state index contributed by atoms with van der Waals surface area (Å²) in [5.74, 6) is -0.458. The molecule has 1 aliphatic rings. The molecule has 1 fully saturated rings. The molecule has 1 aliphatic heterocycles. The molecule has 0 radical (unpaired) electrons. The lowest BCUT2D eigenvalue weighted by atomic mass is 10.2. The third-order valence-corrected chi connectivity index (χ3v) is 5.29. The SMILES string of the molecule is O=C1CN(C(=O)c2cc[n+]([O-])cc2)C[C@H](OCc2cccnc2)CN1Cc1ccccc1. The standard InChI is InChI=1S/C24H24N4O4/c29-23-17-27(24(30)21-8-11-28(31)12-9-21)16-22(32-18-20-7-4-10-25-13-20)15-26(23)14-19-5-2-1-3-6-19/h1-13,22H,14-18H2/t22-/m1/s1. The van der Waals surface area contributed by atoms with Crippen LogP contribution in [0.5, 0.6) is 0 Å². The highest BCUT2D eigenvalue weighted by Crippen LogP contribution is 2.16. The molecule has 0 spiro atoms. The van der Waals surface area contributed by atoms with Crippen molar-refractivity contribution in [2.75, 3.05) is 19.6 Å². The number of hydrogen-bond donors (Lipinski definition) is 0. The summed E-state index contributed by atoms with van der Waals surface area (Å²) >= 11 is 0. The Labute approximate surface area is 186 Å². The topological polar surface area (TPSA) is 89.7 Å². The van der Waals surface area contributed by atoms with Gasteiger partial charge in [0.15, 0.2) is 12.4 Å². The predicted octanol–water partition coefficient (Wildman–Crippen LogP) is 1.78. The van der Waals surface area contributed by atoms with Gasteiger partial charge in [-0.05, 0) is 17.2 Å². The number of rotatable bonds is 6. The van der Waals surface area contributed by atoms with E-state index in [0.29, 0.717) is 30.0 Å². The minimum absolute atomic E-state index is 0.0509. The average Bonchev–Trinajstić information content (AvgIpc) is 2.98. The Morgan fingerprint density at radius 1 is 1.06 bits per heavy atom. The first-order valence-corrected chi connectivity index (χ1v) is 10.4. The first-order valence-electron chi connectivity index (χ1n) is 10.4. The number of aromatic nitrogens is 2. The van der Waals surface area contributed by atoms with E-state index in [-0.39, 0.29) is 31.0 Å². The molecule has 0 N–H and O–H groups in total. The van der Waals surface area contributed by atoms with E-state index in [2.05, 4.69) is 4.98 Å². The number of hydrogen-bond acceptors (Lipinski definition) is 5. The predicted molar refractivity (Wildman–Crippen MR) is 116 cm³/mol. The first kappa shape index (κ1) is 21.5. The fourth-order valence-electron chi connectivity index (χ4n) is 3.63. The number of carbonyl (C=O) groups excluding carboxylic acids is 2. The van der Waals surface area contributed by atoms with Gasteiger partial charge < -0.3 is 19.7 Å². The van der Waals surface area contributed by atoms with Crippen molar-refractivity contribution in [2.45, 2.75) is 19.3 Å². The fraction of sp³-hybridized carbons (Fsp3) is 0.250. The molecule has 0 aliphatic carbocycles. The summed E-state index contributed by atoms with van der Waals surface area (Å²) in [5.41, 5.74) is 2.28. The first-order chi connectivity index (χ1) is 15.6. The highest BCUT2D eigenvalue weighted by atomic mass is 16.5. The van der Waals surface area contributed by atoms with E-state index in [9.17, 15) is 14.8 Å². The summed E-state index contributed by atoms with van der Waals surface area (Å²) in [5, 5.41) is 11.3. The summed E-state index contributed by atoms with van der Waals surface area (Å²) in [6.45, 7) is 1.35. The third-order valence-electron chi connectivity index (χ3n) is 5.29. The molecular weight excluding hydrogens is 408 g/mol. The normalized spacial score (nSPS) is 16.6. The van der Waals surface area contributed by atoms with Crippen molar-refractivity contribution in [3.63, 3.8) is 0 Å². The molecule has 2 aromatic heterocycles. The third kappa shape index (κ3) is 5.47. The van der Waals surface area contributed by atoms with Crippen LogP contribution in [0.1, 0.15) is 21.5 Å². The van der Waals surface area contributed by atoms with Crippen LogP contribution in [0.15, 0.2) is 79.4 Å². The number of amides is 2. The second-order valence-corrected chi connectivity index (χ2v) is 7.69. The number of carbonyl (C=O) groups is 2. The van der Waals surface area contributed by atoms with Crippen LogP contribution in [0.2, 0.25) is 0 Å². The molecule has 32 heavy (non-hydrogen) atoms. The maximum Gasteiger partial charge on any atom is 0.254 e. The molecule has 1 atom stereocenters. The van der Waals surface area contributed by atoms with Crippen LogP contribution >= 0.6 is 0 Å². The van der Waals surface area contributed by atoms with Gasteiger partial charge in [-0.15, -0.1) is 0 Å². The van der Waals surface area contributed by atoms with Gasteiger partial charge in [0.05, 0.1) is 18.3 Å². The minimum Gasteiger partial charge on any atom is -0.619 e. The summed E-state index contributed by atoms with van der Waals surface area (Å²) in [6.07, 6.45) is 5.59. The average molecular weight is 432 g/mol. The van der Waals surface area contributed by atoms with Crippen molar-refractivity contribution >= 4 is 11.8 Å². The highest BCUT2D eigenvalue weighted by Gasteiger charge is 2.31. The zero-order valence-electron chi connectivity index (χ0n) is 17.5. The number of benzene rings is 1. The van der Waals surface area contributed by atoms with E-state index in [1.807, 2.05) is 42.5 Å². The maximum absolute atomic E-state index is 13.1. The lowest BCUT2D eigenvalue weighted by molar-refractivity contribution is -0.605. The van der Waals surface area contributed by atoms with Gasteiger partial charge in [0.25, 0.3) is 5.91 Å². The monoisotopic (exact) mass is 432 g/mol. The summed E-state index contributed by atoms with van der Waals surface area (Å²) in [7, 11) is 0. The van der Waals surface area contributed by atoms with Gasteiger partial charge >= 0.3 is 0 Å². The fourth-order valence-corrected chi connectivity index (χ4v) is 3.63. The Morgan fingerprint density at radius 3 is 2.53 bits per heavy atom. The quantitative estimate of drug-likeness (QED) is 0.438. The summed E-state index contributed by atoms with van der Waals surface area (Å²) in [6, 6.07) is 16.4. The van der Waals surface area contributed by atoms with E-state index in [0.717, 1.165) is 11.1 Å². The van der Waals surface area contributed by atoms with Crippen LogP contribution in [0.3, 0.4) is 0 Å². The number of pyridine rings is 2. The Hall–Kier alpha value is -3.78. The van der Waals surface area contributed by atoms with Crippen molar-refractivity contribution < 1.29 is 19.1 Å². The second-order valence-electron chi connectivity index (χ2n) is 7.69. The van der Waals surface area contributed by atoms with E-state index >= 15 is 0 Å². The van der Waals surface area contributed by atoms with Crippen molar-refractivity contribution in [3.8, 4) is 0 Å². The van der Waals surface area contributed by atoms with Gasteiger partial charge in [-0.3, -0.25) is 14.6 Å². The van der Waals surface area contributed by atoms with Crippen molar-refractivity contribution in [1.29, 1.82) is 0 Å². The Morgan fingerprint density at radius 2 is 1.81 bits per heavy atom. The van der Waals surface area contributed by atoms with Crippen LogP contribution in [0.25, 0.3) is 0 Å². The summed E-state index contributed by atoms with van der Waals surface area (Å²) < 4.78 is 6.74. The van der Waals surface area contributed by atoms with Gasteiger partial charge in [-0.1, -0.05) is 36.4 Å². The largest absolute Gasteiger partial charge is 0.619 e. The molecule has 0 saturated carbocycles. The Balaban J connectivity index is 1.53. The highest BCUT2D eigenvalue weighted by molar-refractivity contribution is 5.96. The van der Waals surface area contributed by atoms with Crippen LogP contribution < -0.4 is 4.73 Å². The Kier molecular flexibility index (Phi) is 6.72. The van der Waals surface area contributed by atoms with Gasteiger partial charge in [0, 0.05) is 44.2 Å². The number of ether oxygens (including phenoxy) is 1. The van der Waals surface area contributed by atoms with Crippen molar-refractivity contribution in [1.82, 2.24) is 14.8 Å². The smallest absolute Gasteiger partial charge is 0.254 e. The van der Waals surface area contributed by atoms with Crippen LogP contribution in [-0.4, -0.2) is 52.3 Å². The lowest BCUT2D eigenvalue weighted by Gasteiger charge is -2.25. The van der Waals surface area contributed by atoms with Gasteiger partial charge in [0.2, 0.25) is 5.91 Å². The minimum atomic E-state index is -0.373. The van der Waals surface area contributed by atoms with Crippen LogP contribution in [0.4, 0.5) is 0 Å². The molecule has 164 valence electrons. The molecule has 0 bridgehead atoms. The molecule has 4 rings (SSSR count). The maximum atomic E-state index is 13.1. The molecule has 3 aromatic rings. The van der Waals surface area contributed by atoms with Crippen molar-refractivity contribution in [3.05, 3.63) is 101 Å². The molecule has 1 saturated heterocycles. The molecule has 1 aromatic carbocycles. The van der Waals surface area contributed by atoms with Gasteiger partial charge in [-0.25, -0.2) is 0 Å². The van der Waals surface area contributed by atoms with E-state index in [1.165, 1.54) is 29.4 Å². The second kappa shape index (κ2) is 10.0. The zero-order chi connectivity index (χ0) is 22.3. The van der Waals surface area contributed by atoms with Crippen molar-refractivity contribution in [2.24, 2.45) is 0 Å². The molecule has 0 unspecified atom stereocenters. The molecule has 8 heteroatoms. The van der Waals surface area contributed by atoms with Gasteiger partial charge in [-0.2, -0.15) is 4.73 Å². The van der Waals surface area contributed by atoms with E-state index in [1.54, 1.807) is 17.3 Å². The number of nitrogens with zero attached hydrogens (tertiary/aromatic N) is 4.